The molecule has 2 heterocycles. The Hall–Kier alpha value is -2.55. The van der Waals surface area contributed by atoms with Crippen LogP contribution in [0.15, 0.2) is 54.7 Å². The topological polar surface area (TPSA) is 42.1 Å². The average molecular weight is 275 g/mol. The second-order valence-corrected chi connectivity index (χ2v) is 5.55. The fourth-order valence-corrected chi connectivity index (χ4v) is 3.15. The summed E-state index contributed by atoms with van der Waals surface area (Å²) in [6.45, 7) is 1.97. The van der Waals surface area contributed by atoms with Crippen molar-refractivity contribution in [3.63, 3.8) is 0 Å². The molecule has 0 amide bonds. The highest BCUT2D eigenvalue weighted by molar-refractivity contribution is 5.82. The molecule has 3 aromatic rings. The van der Waals surface area contributed by atoms with Crippen molar-refractivity contribution in [2.24, 2.45) is 0 Å². The first-order valence-electron chi connectivity index (χ1n) is 7.27. The van der Waals surface area contributed by atoms with Crippen molar-refractivity contribution in [1.82, 2.24) is 4.98 Å². The van der Waals surface area contributed by atoms with Gasteiger partial charge in [-0.25, -0.2) is 0 Å². The Morgan fingerprint density at radius 1 is 1.10 bits per heavy atom. The number of hydrogen-bond donors (Lipinski definition) is 1. The summed E-state index contributed by atoms with van der Waals surface area (Å²) in [6, 6.07) is 16.7. The van der Waals surface area contributed by atoms with Crippen LogP contribution in [0.3, 0.4) is 0 Å². The van der Waals surface area contributed by atoms with Crippen molar-refractivity contribution in [2.75, 3.05) is 17.2 Å². The molecule has 2 aromatic carbocycles. The van der Waals surface area contributed by atoms with Gasteiger partial charge in [-0.3, -0.25) is 4.98 Å². The molecule has 21 heavy (non-hydrogen) atoms. The molecule has 0 fully saturated rings. The van der Waals surface area contributed by atoms with Gasteiger partial charge in [0.05, 0.1) is 5.52 Å². The van der Waals surface area contributed by atoms with E-state index < -0.39 is 0 Å². The molecule has 1 aromatic heterocycles. The van der Waals surface area contributed by atoms with Gasteiger partial charge in [0.25, 0.3) is 0 Å². The predicted octanol–water partition coefficient (Wildman–Crippen LogP) is 3.38. The summed E-state index contributed by atoms with van der Waals surface area (Å²) < 4.78 is 0. The molecule has 2 N–H and O–H groups in total. The molecule has 0 radical (unpaired) electrons. The van der Waals surface area contributed by atoms with Gasteiger partial charge in [0.2, 0.25) is 0 Å². The predicted molar refractivity (Wildman–Crippen MR) is 87.4 cm³/mol. The number of nitrogen functional groups attached to an aromatic ring is 1. The highest BCUT2D eigenvalue weighted by atomic mass is 15.1. The maximum atomic E-state index is 5.88. The average Bonchev–Trinajstić information content (AvgIpc) is 2.90. The molecule has 1 aliphatic rings. The summed E-state index contributed by atoms with van der Waals surface area (Å²) in [4.78, 5) is 6.86. The summed E-state index contributed by atoms with van der Waals surface area (Å²) in [5, 5.41) is 1.24. The molecule has 3 nitrogen and oxygen atoms in total. The van der Waals surface area contributed by atoms with E-state index in [0.29, 0.717) is 0 Å². The Labute approximate surface area is 124 Å². The molecule has 0 unspecified atom stereocenters. The standard InChI is InChI=1S/C18H17N3/c19-15-5-6-18-13(11-15)8-10-21(18)12-14-7-9-20-17-4-2-1-3-16(14)17/h1-7,9,11H,8,10,12,19H2. The van der Waals surface area contributed by atoms with Crippen molar-refractivity contribution in [3.8, 4) is 0 Å². The summed E-state index contributed by atoms with van der Waals surface area (Å²) >= 11 is 0. The molecule has 0 saturated carbocycles. The first-order valence-corrected chi connectivity index (χ1v) is 7.27. The van der Waals surface area contributed by atoms with Gasteiger partial charge in [0.15, 0.2) is 0 Å². The van der Waals surface area contributed by atoms with Crippen LogP contribution in [0.1, 0.15) is 11.1 Å². The molecular weight excluding hydrogens is 258 g/mol. The molecule has 3 heteroatoms. The van der Waals surface area contributed by atoms with Gasteiger partial charge < -0.3 is 10.6 Å². The van der Waals surface area contributed by atoms with E-state index in [2.05, 4.69) is 46.3 Å². The van der Waals surface area contributed by atoms with Crippen LogP contribution in [-0.4, -0.2) is 11.5 Å². The van der Waals surface area contributed by atoms with E-state index in [1.807, 2.05) is 18.3 Å². The van der Waals surface area contributed by atoms with Crippen molar-refractivity contribution >= 4 is 22.3 Å². The largest absolute Gasteiger partial charge is 0.399 e. The number of rotatable bonds is 2. The number of anilines is 2. The lowest BCUT2D eigenvalue weighted by atomic mass is 10.1. The fourth-order valence-electron chi connectivity index (χ4n) is 3.15. The molecule has 0 bridgehead atoms. The molecule has 0 saturated heterocycles. The van der Waals surface area contributed by atoms with Crippen LogP contribution < -0.4 is 10.6 Å². The zero-order valence-corrected chi connectivity index (χ0v) is 11.8. The lowest BCUT2D eigenvalue weighted by Crippen LogP contribution is -2.19. The van der Waals surface area contributed by atoms with E-state index in [1.165, 1.54) is 22.2 Å². The maximum Gasteiger partial charge on any atom is 0.0705 e. The molecule has 1 aliphatic heterocycles. The number of para-hydroxylation sites is 1. The molecule has 0 atom stereocenters. The highest BCUT2D eigenvalue weighted by Crippen LogP contribution is 2.31. The van der Waals surface area contributed by atoms with Gasteiger partial charge in [-0.1, -0.05) is 18.2 Å². The quantitative estimate of drug-likeness (QED) is 0.729. The van der Waals surface area contributed by atoms with Crippen LogP contribution in [-0.2, 0) is 13.0 Å². The van der Waals surface area contributed by atoms with Gasteiger partial charge in [-0.15, -0.1) is 0 Å². The summed E-state index contributed by atoms with van der Waals surface area (Å²) in [5.41, 5.74) is 11.8. The van der Waals surface area contributed by atoms with Crippen molar-refractivity contribution < 1.29 is 0 Å². The Bertz CT molecular complexity index is 805. The van der Waals surface area contributed by atoms with E-state index in [-0.39, 0.29) is 0 Å². The van der Waals surface area contributed by atoms with E-state index >= 15 is 0 Å². The van der Waals surface area contributed by atoms with E-state index in [9.17, 15) is 0 Å². The Kier molecular flexibility index (Phi) is 2.78. The smallest absolute Gasteiger partial charge is 0.0705 e. The van der Waals surface area contributed by atoms with Crippen LogP contribution in [0.25, 0.3) is 10.9 Å². The Balaban J connectivity index is 1.71. The zero-order valence-electron chi connectivity index (χ0n) is 11.8. The van der Waals surface area contributed by atoms with E-state index in [0.717, 1.165) is 30.7 Å². The lowest BCUT2D eigenvalue weighted by molar-refractivity contribution is 0.839. The number of benzene rings is 2. The van der Waals surface area contributed by atoms with Gasteiger partial charge in [-0.05, 0) is 47.9 Å². The van der Waals surface area contributed by atoms with Gasteiger partial charge in [0, 0.05) is 36.0 Å². The van der Waals surface area contributed by atoms with Crippen LogP contribution in [0.2, 0.25) is 0 Å². The van der Waals surface area contributed by atoms with E-state index in [1.54, 1.807) is 0 Å². The third kappa shape index (κ3) is 2.11. The Morgan fingerprint density at radius 3 is 2.95 bits per heavy atom. The van der Waals surface area contributed by atoms with Gasteiger partial charge in [0.1, 0.15) is 0 Å². The van der Waals surface area contributed by atoms with Crippen LogP contribution in [0, 0.1) is 0 Å². The highest BCUT2D eigenvalue weighted by Gasteiger charge is 2.19. The second kappa shape index (κ2) is 4.77. The normalized spacial score (nSPS) is 13.6. The van der Waals surface area contributed by atoms with Crippen LogP contribution >= 0.6 is 0 Å². The van der Waals surface area contributed by atoms with Crippen molar-refractivity contribution in [3.05, 3.63) is 65.9 Å². The van der Waals surface area contributed by atoms with Crippen molar-refractivity contribution in [1.29, 1.82) is 0 Å². The number of hydrogen-bond acceptors (Lipinski definition) is 3. The monoisotopic (exact) mass is 275 g/mol. The number of nitrogens with zero attached hydrogens (tertiary/aromatic N) is 2. The minimum Gasteiger partial charge on any atom is -0.399 e. The summed E-state index contributed by atoms with van der Waals surface area (Å²) in [7, 11) is 0. The van der Waals surface area contributed by atoms with Gasteiger partial charge >= 0.3 is 0 Å². The van der Waals surface area contributed by atoms with E-state index in [4.69, 9.17) is 5.73 Å². The molecule has 0 aliphatic carbocycles. The number of nitrogens with two attached hydrogens (primary N) is 1. The van der Waals surface area contributed by atoms with Crippen LogP contribution in [0.4, 0.5) is 11.4 Å². The minimum absolute atomic E-state index is 0.852. The first kappa shape index (κ1) is 12.2. The van der Waals surface area contributed by atoms with Crippen molar-refractivity contribution in [2.45, 2.75) is 13.0 Å². The summed E-state index contributed by atoms with van der Waals surface area (Å²) in [6.07, 6.45) is 2.97. The van der Waals surface area contributed by atoms with Gasteiger partial charge in [-0.2, -0.15) is 0 Å². The molecule has 104 valence electrons. The fraction of sp³-hybridized carbons (Fsp3) is 0.167. The molecule has 4 rings (SSSR count). The lowest BCUT2D eigenvalue weighted by Gasteiger charge is -2.20. The summed E-state index contributed by atoms with van der Waals surface area (Å²) in [5.74, 6) is 0. The second-order valence-electron chi connectivity index (χ2n) is 5.55. The molecular formula is C18H17N3. The first-order chi connectivity index (χ1) is 10.3. The number of fused-ring (bicyclic) bond motifs is 2. The maximum absolute atomic E-state index is 5.88. The number of pyridine rings is 1. The zero-order chi connectivity index (χ0) is 14.2. The third-order valence-corrected chi connectivity index (χ3v) is 4.20. The third-order valence-electron chi connectivity index (χ3n) is 4.20. The Morgan fingerprint density at radius 2 is 2.00 bits per heavy atom. The minimum atomic E-state index is 0.852. The molecule has 0 spiro atoms. The van der Waals surface area contributed by atoms with Crippen LogP contribution in [0.5, 0.6) is 0 Å². The number of aromatic nitrogens is 1. The SMILES string of the molecule is Nc1ccc2c(c1)CCN2Cc1ccnc2ccccc12.